The van der Waals surface area contributed by atoms with Crippen LogP contribution in [0.4, 0.5) is 4.79 Å². The topological polar surface area (TPSA) is 101 Å². The van der Waals surface area contributed by atoms with Crippen LogP contribution < -0.4 is 16.0 Å². The van der Waals surface area contributed by atoms with Crippen LogP contribution >= 0.6 is 24.0 Å². The summed E-state index contributed by atoms with van der Waals surface area (Å²) in [5.41, 5.74) is 0.382. The van der Waals surface area contributed by atoms with E-state index in [4.69, 9.17) is 9.15 Å². The van der Waals surface area contributed by atoms with Crippen molar-refractivity contribution in [2.45, 2.75) is 46.8 Å². The van der Waals surface area contributed by atoms with Gasteiger partial charge in [0, 0.05) is 20.1 Å². The zero-order valence-corrected chi connectivity index (χ0v) is 17.5. The predicted octanol–water partition coefficient (Wildman–Crippen LogP) is 2.10. The molecule has 9 heteroatoms. The predicted molar refractivity (Wildman–Crippen MR) is 104 cm³/mol. The average Bonchev–Trinajstić information content (AvgIpc) is 2.75. The summed E-state index contributed by atoms with van der Waals surface area (Å²) < 4.78 is 10.6. The molecule has 1 heterocycles. The first-order valence-corrected chi connectivity index (χ1v) is 7.55. The molecule has 0 unspecified atom stereocenters. The lowest BCUT2D eigenvalue weighted by atomic mass is 10.2. The Hall–Kier alpha value is -1.52. The van der Waals surface area contributed by atoms with E-state index in [1.165, 1.54) is 0 Å². The molecule has 3 N–H and O–H groups in total. The minimum absolute atomic E-state index is 0. The van der Waals surface area contributed by atoms with Gasteiger partial charge in [-0.2, -0.15) is 0 Å². The third kappa shape index (κ3) is 8.94. The second kappa shape index (κ2) is 10.4. The third-order valence-corrected chi connectivity index (χ3v) is 2.79. The summed E-state index contributed by atoms with van der Waals surface area (Å²) in [6.07, 6.45) is -0.437. The molecule has 8 nitrogen and oxygen atoms in total. The van der Waals surface area contributed by atoms with Crippen molar-refractivity contribution in [3.8, 4) is 0 Å². The number of rotatable bonds is 5. The number of carbonyl (C=O) groups excluding carboxylic acids is 1. The molecule has 1 aromatic heterocycles. The van der Waals surface area contributed by atoms with Gasteiger partial charge in [0.2, 0.25) is 5.89 Å². The van der Waals surface area contributed by atoms with E-state index in [9.17, 15) is 4.79 Å². The maximum absolute atomic E-state index is 11.5. The van der Waals surface area contributed by atoms with Crippen LogP contribution in [0.5, 0.6) is 0 Å². The van der Waals surface area contributed by atoms with E-state index < -0.39 is 11.7 Å². The zero-order valence-electron chi connectivity index (χ0n) is 15.1. The van der Waals surface area contributed by atoms with Crippen LogP contribution in [0.3, 0.4) is 0 Å². The Kier molecular flexibility index (Phi) is 9.71. The van der Waals surface area contributed by atoms with Crippen molar-refractivity contribution in [2.75, 3.05) is 20.1 Å². The van der Waals surface area contributed by atoms with Crippen LogP contribution in [0.15, 0.2) is 9.41 Å². The maximum atomic E-state index is 11.5. The van der Waals surface area contributed by atoms with Crippen molar-refractivity contribution in [1.29, 1.82) is 0 Å². The lowest BCUT2D eigenvalue weighted by Crippen LogP contribution is -2.42. The van der Waals surface area contributed by atoms with Crippen molar-refractivity contribution in [3.63, 3.8) is 0 Å². The van der Waals surface area contributed by atoms with Gasteiger partial charge < -0.3 is 25.1 Å². The SMILES string of the molecule is CN=C(NCCNC(=O)OC(C)(C)C)NCc1nc(C)c(C)o1.I. The van der Waals surface area contributed by atoms with Gasteiger partial charge in [-0.15, -0.1) is 24.0 Å². The quantitative estimate of drug-likeness (QED) is 0.273. The summed E-state index contributed by atoms with van der Waals surface area (Å²) in [5.74, 6) is 2.02. The highest BCUT2D eigenvalue weighted by molar-refractivity contribution is 14.0. The fraction of sp³-hybridized carbons (Fsp3) is 0.667. The molecule has 1 rings (SSSR count). The molecule has 0 aliphatic heterocycles. The molecular formula is C15H28IN5O3. The van der Waals surface area contributed by atoms with E-state index in [2.05, 4.69) is 25.9 Å². The summed E-state index contributed by atoms with van der Waals surface area (Å²) in [7, 11) is 1.67. The number of nitrogens with one attached hydrogen (secondary N) is 3. The number of hydrogen-bond acceptors (Lipinski definition) is 5. The van der Waals surface area contributed by atoms with E-state index in [0.29, 0.717) is 31.5 Å². The maximum Gasteiger partial charge on any atom is 0.407 e. The summed E-state index contributed by atoms with van der Waals surface area (Å²) in [6, 6.07) is 0. The molecule has 0 saturated carbocycles. The molecule has 138 valence electrons. The first-order valence-electron chi connectivity index (χ1n) is 7.55. The van der Waals surface area contributed by atoms with Gasteiger partial charge in [0.1, 0.15) is 11.4 Å². The number of ether oxygens (including phenoxy) is 1. The van der Waals surface area contributed by atoms with Crippen molar-refractivity contribution in [3.05, 3.63) is 17.3 Å². The van der Waals surface area contributed by atoms with Crippen LogP contribution in [0.1, 0.15) is 38.1 Å². The Morgan fingerprint density at radius 2 is 1.83 bits per heavy atom. The highest BCUT2D eigenvalue weighted by Crippen LogP contribution is 2.07. The van der Waals surface area contributed by atoms with Gasteiger partial charge in [0.15, 0.2) is 5.96 Å². The lowest BCUT2D eigenvalue weighted by molar-refractivity contribution is 0.0529. The van der Waals surface area contributed by atoms with Gasteiger partial charge in [0.05, 0.1) is 12.2 Å². The first-order chi connectivity index (χ1) is 10.7. The second-order valence-corrected chi connectivity index (χ2v) is 6.03. The summed E-state index contributed by atoms with van der Waals surface area (Å²) in [4.78, 5) is 19.9. The number of hydrogen-bond donors (Lipinski definition) is 3. The Morgan fingerprint density at radius 3 is 2.33 bits per heavy atom. The largest absolute Gasteiger partial charge is 0.444 e. The molecule has 1 amide bonds. The van der Waals surface area contributed by atoms with Gasteiger partial charge in [0.25, 0.3) is 0 Å². The molecule has 0 bridgehead atoms. The van der Waals surface area contributed by atoms with Crippen LogP contribution in [-0.4, -0.2) is 42.8 Å². The summed E-state index contributed by atoms with van der Waals surface area (Å²) in [5, 5.41) is 8.84. The second-order valence-electron chi connectivity index (χ2n) is 6.03. The van der Waals surface area contributed by atoms with E-state index >= 15 is 0 Å². The number of guanidine groups is 1. The first kappa shape index (κ1) is 22.5. The fourth-order valence-corrected chi connectivity index (χ4v) is 1.65. The number of alkyl carbamates (subject to hydrolysis) is 1. The normalized spacial score (nSPS) is 11.5. The summed E-state index contributed by atoms with van der Waals surface area (Å²) >= 11 is 0. The Bertz CT molecular complexity index is 532. The third-order valence-electron chi connectivity index (χ3n) is 2.79. The van der Waals surface area contributed by atoms with Gasteiger partial charge >= 0.3 is 6.09 Å². The van der Waals surface area contributed by atoms with Gasteiger partial charge in [-0.3, -0.25) is 4.99 Å². The van der Waals surface area contributed by atoms with Crippen molar-refractivity contribution in [1.82, 2.24) is 20.9 Å². The van der Waals surface area contributed by atoms with Gasteiger partial charge in [-0.05, 0) is 34.6 Å². The molecule has 0 aliphatic rings. The average molecular weight is 453 g/mol. The minimum atomic E-state index is -0.499. The lowest BCUT2D eigenvalue weighted by Gasteiger charge is -2.19. The molecule has 0 saturated heterocycles. The molecule has 0 aliphatic carbocycles. The number of aryl methyl sites for hydroxylation is 2. The van der Waals surface area contributed by atoms with E-state index in [1.807, 2.05) is 34.6 Å². The number of halogens is 1. The number of nitrogens with zero attached hydrogens (tertiary/aromatic N) is 2. The van der Waals surface area contributed by atoms with Crippen LogP contribution in [0, 0.1) is 13.8 Å². The van der Waals surface area contributed by atoms with E-state index in [-0.39, 0.29) is 24.0 Å². The monoisotopic (exact) mass is 453 g/mol. The number of oxazole rings is 1. The minimum Gasteiger partial charge on any atom is -0.444 e. The van der Waals surface area contributed by atoms with Crippen LogP contribution in [0.25, 0.3) is 0 Å². The highest BCUT2D eigenvalue weighted by Gasteiger charge is 2.15. The summed E-state index contributed by atoms with van der Waals surface area (Å²) in [6.45, 7) is 10.6. The van der Waals surface area contributed by atoms with Crippen molar-refractivity contribution < 1.29 is 13.9 Å². The molecule has 0 fully saturated rings. The molecule has 1 aromatic rings. The number of carbonyl (C=O) groups is 1. The molecule has 0 radical (unpaired) electrons. The van der Waals surface area contributed by atoms with Crippen molar-refractivity contribution in [2.24, 2.45) is 4.99 Å². The standard InChI is InChI=1S/C15H27N5O3.HI/c1-10-11(2)22-12(20-10)9-19-13(16-6)17-7-8-18-14(21)23-15(3,4)5;/h7-9H2,1-6H3,(H,18,21)(H2,16,17,19);1H. The molecule has 0 atom stereocenters. The molecule has 0 aromatic carbocycles. The zero-order chi connectivity index (χ0) is 17.5. The highest BCUT2D eigenvalue weighted by atomic mass is 127. The molecular weight excluding hydrogens is 425 g/mol. The Labute approximate surface area is 160 Å². The smallest absolute Gasteiger partial charge is 0.407 e. The van der Waals surface area contributed by atoms with Gasteiger partial charge in [-0.1, -0.05) is 0 Å². The Morgan fingerprint density at radius 1 is 1.21 bits per heavy atom. The van der Waals surface area contributed by atoms with Crippen molar-refractivity contribution >= 4 is 36.0 Å². The number of aromatic nitrogens is 1. The van der Waals surface area contributed by atoms with Gasteiger partial charge in [-0.25, -0.2) is 9.78 Å². The number of aliphatic imine (C=N–C) groups is 1. The fourth-order valence-electron chi connectivity index (χ4n) is 1.65. The van der Waals surface area contributed by atoms with Crippen LogP contribution in [0.2, 0.25) is 0 Å². The number of amides is 1. The Balaban J connectivity index is 0.00000529. The van der Waals surface area contributed by atoms with E-state index in [0.717, 1.165) is 11.5 Å². The van der Waals surface area contributed by atoms with E-state index in [1.54, 1.807) is 7.05 Å². The molecule has 0 spiro atoms. The van der Waals surface area contributed by atoms with Crippen LogP contribution in [-0.2, 0) is 11.3 Å². The molecule has 24 heavy (non-hydrogen) atoms.